The van der Waals surface area contributed by atoms with Crippen molar-refractivity contribution >= 4 is 10.0 Å². The molecule has 0 amide bonds. The van der Waals surface area contributed by atoms with Crippen molar-refractivity contribution in [2.75, 3.05) is 20.2 Å². The molecule has 0 fully saturated rings. The fraction of sp³-hybridized carbons (Fsp3) is 0.667. The van der Waals surface area contributed by atoms with Gasteiger partial charge in [0.2, 0.25) is 0 Å². The summed E-state index contributed by atoms with van der Waals surface area (Å²) in [5, 5.41) is 8.77. The molecule has 7 heteroatoms. The molecule has 1 heterocycles. The Balaban J connectivity index is 2.98. The molecule has 16 heavy (non-hydrogen) atoms. The first-order valence-electron chi connectivity index (χ1n) is 5.01. The third-order valence-electron chi connectivity index (χ3n) is 2.22. The van der Waals surface area contributed by atoms with E-state index in [0.717, 1.165) is 4.31 Å². The smallest absolute Gasteiger partial charge is 0.259 e. The predicted octanol–water partition coefficient (Wildman–Crippen LogP) is 0.146. The minimum absolute atomic E-state index is 0.0622. The van der Waals surface area contributed by atoms with Crippen molar-refractivity contribution in [1.82, 2.24) is 14.3 Å². The molecule has 0 radical (unpaired) electrons. The molecule has 0 saturated carbocycles. The lowest BCUT2D eigenvalue weighted by Gasteiger charge is -2.13. The number of rotatable bonds is 5. The molecule has 2 N–H and O–H groups in total. The molecule has 0 aliphatic heterocycles. The monoisotopic (exact) mass is 247 g/mol. The van der Waals surface area contributed by atoms with Gasteiger partial charge in [-0.05, 0) is 0 Å². The van der Waals surface area contributed by atoms with E-state index in [9.17, 15) is 8.42 Å². The summed E-state index contributed by atoms with van der Waals surface area (Å²) >= 11 is 0. The zero-order valence-electron chi connectivity index (χ0n) is 9.64. The number of likely N-dealkylation sites (N-methyl/N-ethyl adjacent to an activating group) is 1. The van der Waals surface area contributed by atoms with Gasteiger partial charge in [-0.15, -0.1) is 0 Å². The maximum atomic E-state index is 11.9. The minimum Gasteiger partial charge on any atom is -0.395 e. The molecule has 92 valence electrons. The summed E-state index contributed by atoms with van der Waals surface area (Å²) in [6, 6.07) is 0. The van der Waals surface area contributed by atoms with Crippen molar-refractivity contribution in [1.29, 1.82) is 0 Å². The van der Waals surface area contributed by atoms with E-state index in [1.165, 1.54) is 13.2 Å². The third-order valence-corrected chi connectivity index (χ3v) is 3.99. The van der Waals surface area contributed by atoms with Crippen LogP contribution in [0.2, 0.25) is 0 Å². The van der Waals surface area contributed by atoms with Crippen molar-refractivity contribution in [2.24, 2.45) is 0 Å². The van der Waals surface area contributed by atoms with Gasteiger partial charge in [-0.3, -0.25) is 0 Å². The van der Waals surface area contributed by atoms with Crippen molar-refractivity contribution < 1.29 is 13.5 Å². The summed E-state index contributed by atoms with van der Waals surface area (Å²) in [6.07, 6.45) is 1.30. The van der Waals surface area contributed by atoms with Crippen LogP contribution in [0.3, 0.4) is 0 Å². The highest BCUT2D eigenvalue weighted by Crippen LogP contribution is 2.15. The van der Waals surface area contributed by atoms with E-state index in [0.29, 0.717) is 5.82 Å². The fourth-order valence-corrected chi connectivity index (χ4v) is 2.25. The number of sulfonamides is 1. The molecule has 1 aromatic heterocycles. The van der Waals surface area contributed by atoms with Crippen LogP contribution in [0.25, 0.3) is 0 Å². The molecule has 0 unspecified atom stereocenters. The molecule has 0 aliphatic carbocycles. The quantitative estimate of drug-likeness (QED) is 0.775. The summed E-state index contributed by atoms with van der Waals surface area (Å²) in [5.41, 5.74) is 0. The zero-order chi connectivity index (χ0) is 12.3. The van der Waals surface area contributed by atoms with Gasteiger partial charge >= 0.3 is 0 Å². The Bertz CT molecular complexity index is 439. The third kappa shape index (κ3) is 2.60. The first-order valence-corrected chi connectivity index (χ1v) is 6.45. The second kappa shape index (κ2) is 4.94. The van der Waals surface area contributed by atoms with Gasteiger partial charge < -0.3 is 10.1 Å². The highest BCUT2D eigenvalue weighted by molar-refractivity contribution is 7.89. The number of aliphatic hydroxyl groups excluding tert-OH is 1. The van der Waals surface area contributed by atoms with Gasteiger partial charge in [0.25, 0.3) is 10.0 Å². The molecule has 0 aromatic carbocycles. The van der Waals surface area contributed by atoms with Crippen molar-refractivity contribution in [3.05, 3.63) is 12.0 Å². The Morgan fingerprint density at radius 2 is 2.19 bits per heavy atom. The topological polar surface area (TPSA) is 86.3 Å². The van der Waals surface area contributed by atoms with Crippen LogP contribution in [0.4, 0.5) is 0 Å². The molecule has 6 nitrogen and oxygen atoms in total. The lowest BCUT2D eigenvalue weighted by Crippen LogP contribution is -2.29. The van der Waals surface area contributed by atoms with E-state index in [4.69, 9.17) is 5.11 Å². The Morgan fingerprint density at radius 1 is 1.56 bits per heavy atom. The van der Waals surface area contributed by atoms with E-state index in [-0.39, 0.29) is 24.1 Å². The fourth-order valence-electron chi connectivity index (χ4n) is 1.17. The number of nitrogens with zero attached hydrogens (tertiary/aromatic N) is 2. The van der Waals surface area contributed by atoms with Crippen LogP contribution in [-0.2, 0) is 10.0 Å². The molecule has 0 spiro atoms. The number of H-pyrrole nitrogens is 1. The number of hydrogen-bond acceptors (Lipinski definition) is 4. The Labute approximate surface area is 95.4 Å². The van der Waals surface area contributed by atoms with Crippen molar-refractivity contribution in [3.63, 3.8) is 0 Å². The Morgan fingerprint density at radius 3 is 2.62 bits per heavy atom. The van der Waals surface area contributed by atoms with E-state index in [1.807, 2.05) is 13.8 Å². The lowest BCUT2D eigenvalue weighted by molar-refractivity contribution is 0.266. The zero-order valence-corrected chi connectivity index (χ0v) is 10.5. The summed E-state index contributed by atoms with van der Waals surface area (Å²) in [4.78, 5) is 6.77. The van der Waals surface area contributed by atoms with Gasteiger partial charge in [0.05, 0.1) is 12.8 Å². The van der Waals surface area contributed by atoms with E-state index in [1.54, 1.807) is 0 Å². The van der Waals surface area contributed by atoms with Gasteiger partial charge in [0.1, 0.15) is 5.82 Å². The molecule has 0 aliphatic rings. The van der Waals surface area contributed by atoms with Gasteiger partial charge in [-0.25, -0.2) is 13.4 Å². The van der Waals surface area contributed by atoms with Crippen molar-refractivity contribution in [2.45, 2.75) is 24.8 Å². The van der Waals surface area contributed by atoms with Crippen LogP contribution in [-0.4, -0.2) is 48.0 Å². The second-order valence-corrected chi connectivity index (χ2v) is 5.85. The molecule has 0 bridgehead atoms. The Hall–Kier alpha value is -0.920. The first-order chi connectivity index (χ1) is 7.39. The van der Waals surface area contributed by atoms with E-state index < -0.39 is 10.0 Å². The van der Waals surface area contributed by atoms with Gasteiger partial charge in [0.15, 0.2) is 5.03 Å². The maximum Gasteiger partial charge on any atom is 0.259 e. The summed E-state index contributed by atoms with van der Waals surface area (Å²) < 4.78 is 24.9. The average Bonchev–Trinajstić information content (AvgIpc) is 2.67. The van der Waals surface area contributed by atoms with Crippen LogP contribution >= 0.6 is 0 Å². The summed E-state index contributed by atoms with van der Waals surface area (Å²) in [5.74, 6) is 0.781. The predicted molar refractivity (Wildman–Crippen MR) is 59.6 cm³/mol. The lowest BCUT2D eigenvalue weighted by atomic mass is 10.2. The molecule has 1 rings (SSSR count). The average molecular weight is 247 g/mol. The highest BCUT2D eigenvalue weighted by Gasteiger charge is 2.23. The number of imidazole rings is 1. The van der Waals surface area contributed by atoms with Crippen LogP contribution in [0, 0.1) is 0 Å². The summed E-state index contributed by atoms with van der Waals surface area (Å²) in [7, 11) is -2.14. The van der Waals surface area contributed by atoms with Crippen LogP contribution in [0.5, 0.6) is 0 Å². The normalized spacial score (nSPS) is 12.6. The van der Waals surface area contributed by atoms with Crippen LogP contribution in [0.15, 0.2) is 11.2 Å². The molecule has 0 saturated heterocycles. The molecular formula is C9H17N3O3S. The molecule has 0 atom stereocenters. The minimum atomic E-state index is -3.56. The second-order valence-electron chi connectivity index (χ2n) is 3.84. The first kappa shape index (κ1) is 13.1. The number of hydrogen-bond donors (Lipinski definition) is 2. The molecule has 1 aromatic rings. The Kier molecular flexibility index (Phi) is 4.06. The number of aromatic amines is 1. The van der Waals surface area contributed by atoms with E-state index in [2.05, 4.69) is 9.97 Å². The van der Waals surface area contributed by atoms with Crippen LogP contribution < -0.4 is 0 Å². The standard InChI is InChI=1S/C9H17N3O3S/c1-7(2)9-10-6-8(11-9)16(14,15)12(3)4-5-13/h6-7,13H,4-5H2,1-3H3,(H,10,11). The van der Waals surface area contributed by atoms with Crippen molar-refractivity contribution in [3.8, 4) is 0 Å². The highest BCUT2D eigenvalue weighted by atomic mass is 32.2. The van der Waals surface area contributed by atoms with Gasteiger partial charge in [-0.1, -0.05) is 13.8 Å². The molecular weight excluding hydrogens is 230 g/mol. The number of aliphatic hydroxyl groups is 1. The van der Waals surface area contributed by atoms with Gasteiger partial charge in [0, 0.05) is 19.5 Å². The largest absolute Gasteiger partial charge is 0.395 e. The SMILES string of the molecule is CC(C)c1ncc(S(=O)(=O)N(C)CCO)[nH]1. The number of aromatic nitrogens is 2. The van der Waals surface area contributed by atoms with E-state index >= 15 is 0 Å². The van der Waals surface area contributed by atoms with Crippen LogP contribution in [0.1, 0.15) is 25.6 Å². The summed E-state index contributed by atoms with van der Waals surface area (Å²) in [6.45, 7) is 3.71. The van der Waals surface area contributed by atoms with Gasteiger partial charge in [-0.2, -0.15) is 4.31 Å². The number of nitrogens with one attached hydrogen (secondary N) is 1. The maximum absolute atomic E-state index is 11.9.